The van der Waals surface area contributed by atoms with Crippen molar-refractivity contribution in [1.29, 1.82) is 0 Å². The Hall–Kier alpha value is -3.34. The van der Waals surface area contributed by atoms with Gasteiger partial charge in [0.2, 0.25) is 0 Å². The molecule has 4 bridgehead atoms. The van der Waals surface area contributed by atoms with Gasteiger partial charge in [0, 0.05) is 77.7 Å². The molecule has 6 saturated carbocycles. The van der Waals surface area contributed by atoms with Crippen LogP contribution in [0.4, 0.5) is 0 Å². The first-order chi connectivity index (χ1) is 53.5. The SMILES string of the molecule is BrCc1coc2ccccc12.BrP(Br)Br.CC1(C)OB(B2OC(C)(C)C(C)(C)O2)OC1(C)C.CC1(C)OB(Cc2coc3ccccc23)OC1(C)C.CC1(C)[C@@H]2C[C@@H](O)[C@@](C)(O)[C@H]1C2.CC1(C)[C@@H]2C[C@H]3OB(Cc4coc5ccccc45)O[C@@]3(C)[C@H]1C2.CCOCC.O=Cc1coc2ccccc12.OCc1coc2ccccc12.[B].[H-].[Na+]. The number of aliphatic hydroxyl groups excluding tert-OH is 2. The number of aliphatic hydroxyl groups is 3. The molecule has 0 unspecified atom stereocenters. The van der Waals surface area contributed by atoms with Gasteiger partial charge in [-0.05, 0) is 259 Å². The third-order valence-electron chi connectivity index (χ3n) is 25.8. The first kappa shape index (κ1) is 98.1. The maximum absolute atomic E-state index is 10.4. The standard InChI is InChI=1S/C19H23BO3.C15H19BO3.C12H24B2O4.C10H18O2.C9H7BrO.C9H8O2.C9H6O2.C4H10O.B.Br3P.Na.H/c1-18(2)13-8-16(18)19(3)17(9-13)22-20(23-19)10-12-11-21-15-7-5-4-6-14(12)15;1-14(2)15(3,4)19-16(18-14)9-11-10-17-13-8-6-5-7-12(11)13;1-9(2)10(3,4)16-13(15-9)14-17-11(5,6)12(7,8)18-14;1-9(2)6-4-7(9)10(3,12)8(11)5-6;3*10-5-7-6-11-9-4-2-1-3-8(7)9;1-3-5-4-2;;1-4(2)3;;/h4-7,11,13,16-17H,8-10H2,1-3H3;5-8,10H,9H2,1-4H3;1-8H3;6-8,11-12H,4-5H2,1-3H3;1-4,6H,5H2;1-4,6,10H,5H2;1-6H;3-4H2,1-2H3;;;;/q;;;;;;;;;;+1;-1/t13-,16-,17+,19-;;;6-,7-,8+,10-;;;;;;;;/m0..0......../s1. The molecule has 3 radical (unpaired) electrons. The van der Waals surface area contributed by atoms with Crippen molar-refractivity contribution in [2.75, 3.05) is 13.2 Å². The second kappa shape index (κ2) is 40.1. The van der Waals surface area contributed by atoms with Gasteiger partial charge in [-0.1, -0.05) is 135 Å². The van der Waals surface area contributed by atoms with E-state index < -0.39 is 25.7 Å². The van der Waals surface area contributed by atoms with Crippen molar-refractivity contribution in [1.82, 2.24) is 0 Å². The molecule has 4 aliphatic heterocycles. The van der Waals surface area contributed by atoms with E-state index in [1.807, 2.05) is 173 Å². The number of fused-ring (bicyclic) bond motifs is 7. The quantitative estimate of drug-likeness (QED) is 0.0500. The van der Waals surface area contributed by atoms with Crippen molar-refractivity contribution in [3.63, 3.8) is 0 Å². The molecule has 5 aromatic carbocycles. The minimum absolute atomic E-state index is 0. The maximum Gasteiger partial charge on any atom is 1.00 e. The number of aldehydes is 1. The summed E-state index contributed by atoms with van der Waals surface area (Å²) in [5, 5.41) is 34.7. The van der Waals surface area contributed by atoms with Gasteiger partial charge in [0.1, 0.15) is 38.2 Å². The van der Waals surface area contributed by atoms with E-state index in [2.05, 4.69) is 149 Å². The molecule has 621 valence electrons. The average Bonchev–Trinajstić information content (AvgIpc) is 1.69. The van der Waals surface area contributed by atoms with E-state index in [-0.39, 0.29) is 115 Å². The number of para-hydroxylation sites is 5. The molecule has 116 heavy (non-hydrogen) atoms. The zero-order valence-electron chi connectivity index (χ0n) is 72.4. The number of benzene rings is 5. The van der Waals surface area contributed by atoms with Crippen LogP contribution < -0.4 is 29.6 Å². The Morgan fingerprint density at radius 1 is 0.466 bits per heavy atom. The van der Waals surface area contributed by atoms with Crippen LogP contribution in [-0.2, 0) is 66.5 Å². The Morgan fingerprint density at radius 3 is 1.16 bits per heavy atom. The molecule has 9 heterocycles. The molecule has 29 heteroatoms. The van der Waals surface area contributed by atoms with Crippen LogP contribution in [0.25, 0.3) is 54.8 Å². The van der Waals surface area contributed by atoms with Crippen LogP contribution in [0.3, 0.4) is 0 Å². The maximum atomic E-state index is 10.4. The van der Waals surface area contributed by atoms with E-state index in [4.69, 9.17) is 69.2 Å². The van der Waals surface area contributed by atoms with Gasteiger partial charge in [0.05, 0.1) is 94.2 Å². The summed E-state index contributed by atoms with van der Waals surface area (Å²) >= 11 is 12.9. The van der Waals surface area contributed by atoms with Crippen molar-refractivity contribution in [3.8, 4) is 0 Å². The second-order valence-electron chi connectivity index (χ2n) is 35.1. The molecule has 10 aliphatic rings. The number of hydrogen-bond acceptors (Lipinski definition) is 18. The zero-order chi connectivity index (χ0) is 83.4. The molecule has 4 saturated heterocycles. The van der Waals surface area contributed by atoms with Crippen molar-refractivity contribution in [3.05, 3.63) is 180 Å². The van der Waals surface area contributed by atoms with Crippen LogP contribution in [-0.4, -0.2) is 129 Å². The van der Waals surface area contributed by atoms with E-state index >= 15 is 0 Å². The van der Waals surface area contributed by atoms with Crippen molar-refractivity contribution in [2.24, 2.45) is 34.5 Å². The second-order valence-corrected chi connectivity index (χ2v) is 51.0. The summed E-state index contributed by atoms with van der Waals surface area (Å²) in [4.78, 5) is 10.4. The number of furan rings is 5. The van der Waals surface area contributed by atoms with Crippen LogP contribution in [0.15, 0.2) is 175 Å². The largest absolute Gasteiger partial charge is 1.00 e. The van der Waals surface area contributed by atoms with Gasteiger partial charge in [0.25, 0.3) is 0 Å². The summed E-state index contributed by atoms with van der Waals surface area (Å²) in [6.45, 7) is 43.4. The molecular formula is C87H116B5Br4NaO18P. The number of carbonyl (C=O) groups excluding carboxylic acids is 1. The third-order valence-corrected chi connectivity index (χ3v) is 26.4. The minimum Gasteiger partial charge on any atom is -1.00 e. The summed E-state index contributed by atoms with van der Waals surface area (Å²) in [6, 6.07) is 39.4. The molecule has 10 aromatic rings. The Labute approximate surface area is 746 Å². The van der Waals surface area contributed by atoms with E-state index in [9.17, 15) is 15.0 Å². The average molecular weight is 1880 g/mol. The molecule has 18 nitrogen and oxygen atoms in total. The van der Waals surface area contributed by atoms with Crippen LogP contribution >= 0.6 is 66.4 Å². The summed E-state index contributed by atoms with van der Waals surface area (Å²) < 4.78 is 80.2. The number of alkyl halides is 1. The van der Waals surface area contributed by atoms with E-state index in [1.54, 1.807) is 25.7 Å². The summed E-state index contributed by atoms with van der Waals surface area (Å²) in [5.74, 6) is 2.32. The van der Waals surface area contributed by atoms with Gasteiger partial charge in [-0.25, -0.2) is 0 Å². The van der Waals surface area contributed by atoms with Crippen LogP contribution in [0.5, 0.6) is 0 Å². The Kier molecular flexibility index (Phi) is 33.9. The smallest absolute Gasteiger partial charge is 1.00 e. The molecular weight excluding hydrogens is 1760 g/mol. The monoisotopic (exact) mass is 1870 g/mol. The normalized spacial score (nSPS) is 25.4. The molecule has 0 amide bonds. The van der Waals surface area contributed by atoms with Gasteiger partial charge >= 0.3 is 57.8 Å². The molecule has 20 rings (SSSR count). The topological polar surface area (TPSA) is 227 Å². The van der Waals surface area contributed by atoms with Gasteiger partial charge in [0.15, 0.2) is 6.29 Å². The summed E-state index contributed by atoms with van der Waals surface area (Å²) in [5.41, 5.74) is 7.04. The van der Waals surface area contributed by atoms with Crippen molar-refractivity contribution in [2.45, 2.75) is 246 Å². The molecule has 6 aliphatic carbocycles. The van der Waals surface area contributed by atoms with Crippen LogP contribution in [0.1, 0.15) is 198 Å². The predicted molar refractivity (Wildman–Crippen MR) is 480 cm³/mol. The molecule has 0 spiro atoms. The van der Waals surface area contributed by atoms with Crippen molar-refractivity contribution < 1.29 is 115 Å². The minimum atomic E-state index is -0.849. The fourth-order valence-corrected chi connectivity index (χ4v) is 17.0. The van der Waals surface area contributed by atoms with E-state index in [1.165, 1.54) is 34.6 Å². The van der Waals surface area contributed by atoms with E-state index in [0.29, 0.717) is 35.1 Å². The Morgan fingerprint density at radius 2 is 0.793 bits per heavy atom. The zero-order valence-corrected chi connectivity index (χ0v) is 80.6. The first-order valence-electron chi connectivity index (χ1n) is 39.6. The molecule has 5 aromatic heterocycles. The Balaban J connectivity index is 0.000000187. The summed E-state index contributed by atoms with van der Waals surface area (Å²) in [7, 11) is -1.32. The number of rotatable bonds is 10. The number of halogens is 4. The molecule has 3 N–H and O–H groups in total. The van der Waals surface area contributed by atoms with Crippen LogP contribution in [0, 0.1) is 34.5 Å². The van der Waals surface area contributed by atoms with Gasteiger partial charge < -0.3 is 80.8 Å². The van der Waals surface area contributed by atoms with Gasteiger partial charge in [-0.15, -0.1) is 0 Å². The van der Waals surface area contributed by atoms with E-state index in [0.717, 1.165) is 112 Å². The fourth-order valence-electron chi connectivity index (χ4n) is 16.6. The number of hydrogen-bond donors (Lipinski definition) is 3. The molecule has 10 fully saturated rings. The third kappa shape index (κ3) is 21.9. The predicted octanol–water partition coefficient (Wildman–Crippen LogP) is 19.9. The molecule has 8 atom stereocenters. The number of ether oxygens (including phenoxy) is 1. The van der Waals surface area contributed by atoms with Gasteiger partial charge in [-0.3, -0.25) is 4.79 Å². The summed E-state index contributed by atoms with van der Waals surface area (Å²) in [6.07, 6.45) is 14.8. The fraction of sp³-hybridized carbons (Fsp3) is 0.529. The first-order valence-corrected chi connectivity index (χ1v) is 48.1. The number of carbonyl (C=O) groups is 1. The van der Waals surface area contributed by atoms with Crippen molar-refractivity contribution >= 4 is 164 Å². The van der Waals surface area contributed by atoms with Gasteiger partial charge in [-0.2, -0.15) is 0 Å². The Bertz CT molecular complexity index is 4640. The van der Waals surface area contributed by atoms with Crippen LogP contribution in [0.2, 0.25) is 0 Å².